The van der Waals surface area contributed by atoms with Crippen molar-refractivity contribution in [3.05, 3.63) is 36.7 Å². The van der Waals surface area contributed by atoms with Gasteiger partial charge in [-0.3, -0.25) is 4.98 Å². The summed E-state index contributed by atoms with van der Waals surface area (Å²) >= 11 is 0. The lowest BCUT2D eigenvalue weighted by atomic mass is 10.1. The van der Waals surface area contributed by atoms with Gasteiger partial charge in [0.25, 0.3) is 0 Å². The normalized spacial score (nSPS) is 10.5. The van der Waals surface area contributed by atoms with Crippen LogP contribution < -0.4 is 4.90 Å². The standard InChI is InChI=1S/C13H16N2/c1-3-15(4-2)13-7-5-6-11-8-9-14-10-12(11)13/h5-10H,3-4H2,1-2H3. The van der Waals surface area contributed by atoms with Crippen molar-refractivity contribution in [3.8, 4) is 0 Å². The number of rotatable bonds is 3. The second kappa shape index (κ2) is 4.30. The number of hydrogen-bond acceptors (Lipinski definition) is 2. The van der Waals surface area contributed by atoms with Crippen LogP contribution in [0.3, 0.4) is 0 Å². The SMILES string of the molecule is CCN(CC)c1cccc2ccncc12. The molecule has 2 heteroatoms. The van der Waals surface area contributed by atoms with E-state index in [9.17, 15) is 0 Å². The first-order chi connectivity index (χ1) is 7.36. The van der Waals surface area contributed by atoms with Gasteiger partial charge in [-0.15, -0.1) is 0 Å². The van der Waals surface area contributed by atoms with Gasteiger partial charge in [0.2, 0.25) is 0 Å². The minimum Gasteiger partial charge on any atom is -0.372 e. The summed E-state index contributed by atoms with van der Waals surface area (Å²) in [5.74, 6) is 0. The van der Waals surface area contributed by atoms with E-state index < -0.39 is 0 Å². The van der Waals surface area contributed by atoms with Gasteiger partial charge in [0.05, 0.1) is 0 Å². The Labute approximate surface area is 90.6 Å². The summed E-state index contributed by atoms with van der Waals surface area (Å²) in [5.41, 5.74) is 1.28. The Hall–Kier alpha value is -1.57. The first-order valence-electron chi connectivity index (χ1n) is 5.44. The summed E-state index contributed by atoms with van der Waals surface area (Å²) in [6.07, 6.45) is 3.79. The molecule has 0 aliphatic carbocycles. The Morgan fingerprint density at radius 2 is 1.93 bits per heavy atom. The van der Waals surface area contributed by atoms with Crippen LogP contribution in [0.1, 0.15) is 13.8 Å². The van der Waals surface area contributed by atoms with E-state index >= 15 is 0 Å². The molecule has 0 N–H and O–H groups in total. The van der Waals surface area contributed by atoms with E-state index in [1.807, 2.05) is 12.4 Å². The minimum atomic E-state index is 1.03. The molecule has 0 spiro atoms. The lowest BCUT2D eigenvalue weighted by Crippen LogP contribution is -2.21. The average molecular weight is 200 g/mol. The van der Waals surface area contributed by atoms with Crippen LogP contribution >= 0.6 is 0 Å². The number of nitrogens with zero attached hydrogens (tertiary/aromatic N) is 2. The van der Waals surface area contributed by atoms with Crippen molar-refractivity contribution in [1.29, 1.82) is 0 Å². The third-order valence-corrected chi connectivity index (χ3v) is 2.76. The molecule has 1 aromatic carbocycles. The highest BCUT2D eigenvalue weighted by atomic mass is 15.1. The first-order valence-corrected chi connectivity index (χ1v) is 5.44. The number of fused-ring (bicyclic) bond motifs is 1. The molecule has 15 heavy (non-hydrogen) atoms. The summed E-state index contributed by atoms with van der Waals surface area (Å²) in [6, 6.07) is 8.46. The highest BCUT2D eigenvalue weighted by Crippen LogP contribution is 2.25. The van der Waals surface area contributed by atoms with Crippen LogP contribution in [0, 0.1) is 0 Å². The van der Waals surface area contributed by atoms with Crippen LogP contribution in [0.5, 0.6) is 0 Å². The fraction of sp³-hybridized carbons (Fsp3) is 0.308. The number of benzene rings is 1. The molecule has 2 rings (SSSR count). The topological polar surface area (TPSA) is 16.1 Å². The molecule has 2 nitrogen and oxygen atoms in total. The summed E-state index contributed by atoms with van der Waals surface area (Å²) in [7, 11) is 0. The predicted octanol–water partition coefficient (Wildman–Crippen LogP) is 3.08. The van der Waals surface area contributed by atoms with Gasteiger partial charge in [-0.25, -0.2) is 0 Å². The second-order valence-corrected chi connectivity index (χ2v) is 3.55. The summed E-state index contributed by atoms with van der Waals surface area (Å²) in [6.45, 7) is 6.42. The molecule has 0 aliphatic rings. The van der Waals surface area contributed by atoms with Crippen molar-refractivity contribution >= 4 is 16.5 Å². The third kappa shape index (κ3) is 1.80. The van der Waals surface area contributed by atoms with Gasteiger partial charge < -0.3 is 4.90 Å². The smallest absolute Gasteiger partial charge is 0.0461 e. The van der Waals surface area contributed by atoms with E-state index in [0.29, 0.717) is 0 Å². The Bertz CT molecular complexity index is 442. The van der Waals surface area contributed by atoms with Crippen molar-refractivity contribution in [2.45, 2.75) is 13.8 Å². The van der Waals surface area contributed by atoms with Gasteiger partial charge >= 0.3 is 0 Å². The summed E-state index contributed by atoms with van der Waals surface area (Å²) in [4.78, 5) is 6.55. The Balaban J connectivity index is 2.59. The molecule has 0 saturated carbocycles. The highest BCUT2D eigenvalue weighted by Gasteiger charge is 2.05. The molecule has 0 unspecified atom stereocenters. The molecule has 2 aromatic rings. The van der Waals surface area contributed by atoms with Crippen molar-refractivity contribution in [3.63, 3.8) is 0 Å². The largest absolute Gasteiger partial charge is 0.372 e. The van der Waals surface area contributed by atoms with Crippen LogP contribution in [-0.4, -0.2) is 18.1 Å². The van der Waals surface area contributed by atoms with Gasteiger partial charge in [-0.1, -0.05) is 12.1 Å². The van der Waals surface area contributed by atoms with Crippen molar-refractivity contribution < 1.29 is 0 Å². The monoisotopic (exact) mass is 200 g/mol. The van der Waals surface area contributed by atoms with Gasteiger partial charge in [-0.05, 0) is 31.4 Å². The third-order valence-electron chi connectivity index (χ3n) is 2.76. The molecule has 0 bridgehead atoms. The van der Waals surface area contributed by atoms with E-state index in [-0.39, 0.29) is 0 Å². The zero-order valence-electron chi connectivity index (χ0n) is 9.27. The van der Waals surface area contributed by atoms with E-state index in [1.54, 1.807) is 0 Å². The number of anilines is 1. The Kier molecular flexibility index (Phi) is 2.86. The average Bonchev–Trinajstić information content (AvgIpc) is 2.31. The Morgan fingerprint density at radius 1 is 1.13 bits per heavy atom. The van der Waals surface area contributed by atoms with Crippen LogP contribution in [0.25, 0.3) is 10.8 Å². The Morgan fingerprint density at radius 3 is 2.67 bits per heavy atom. The molecule has 0 fully saturated rings. The molecular formula is C13H16N2. The molecule has 0 saturated heterocycles. The summed E-state index contributed by atoms with van der Waals surface area (Å²) < 4.78 is 0. The predicted molar refractivity (Wildman–Crippen MR) is 65.3 cm³/mol. The molecule has 0 radical (unpaired) electrons. The maximum Gasteiger partial charge on any atom is 0.0461 e. The fourth-order valence-electron chi connectivity index (χ4n) is 1.94. The highest BCUT2D eigenvalue weighted by molar-refractivity contribution is 5.93. The second-order valence-electron chi connectivity index (χ2n) is 3.55. The molecule has 0 amide bonds. The number of hydrogen-bond donors (Lipinski definition) is 0. The maximum atomic E-state index is 4.20. The van der Waals surface area contributed by atoms with E-state index in [0.717, 1.165) is 13.1 Å². The van der Waals surface area contributed by atoms with Crippen LogP contribution in [0.2, 0.25) is 0 Å². The molecular weight excluding hydrogens is 184 g/mol. The van der Waals surface area contributed by atoms with Crippen LogP contribution in [-0.2, 0) is 0 Å². The molecule has 0 atom stereocenters. The van der Waals surface area contributed by atoms with E-state index in [4.69, 9.17) is 0 Å². The van der Waals surface area contributed by atoms with Gasteiger partial charge in [0, 0.05) is 36.6 Å². The first kappa shape index (κ1) is 9.97. The van der Waals surface area contributed by atoms with Crippen molar-refractivity contribution in [2.75, 3.05) is 18.0 Å². The maximum absolute atomic E-state index is 4.20. The fourth-order valence-corrected chi connectivity index (χ4v) is 1.94. The van der Waals surface area contributed by atoms with Gasteiger partial charge in [0.15, 0.2) is 0 Å². The van der Waals surface area contributed by atoms with Crippen LogP contribution in [0.15, 0.2) is 36.7 Å². The summed E-state index contributed by atoms with van der Waals surface area (Å²) in [5, 5.41) is 2.50. The number of pyridine rings is 1. The zero-order valence-corrected chi connectivity index (χ0v) is 9.27. The van der Waals surface area contributed by atoms with E-state index in [1.165, 1.54) is 16.5 Å². The van der Waals surface area contributed by atoms with E-state index in [2.05, 4.69) is 48.0 Å². The quantitative estimate of drug-likeness (QED) is 0.757. The molecule has 1 heterocycles. The molecule has 1 aromatic heterocycles. The van der Waals surface area contributed by atoms with Gasteiger partial charge in [0.1, 0.15) is 0 Å². The van der Waals surface area contributed by atoms with Crippen molar-refractivity contribution in [1.82, 2.24) is 4.98 Å². The lowest BCUT2D eigenvalue weighted by molar-refractivity contribution is 0.870. The van der Waals surface area contributed by atoms with Crippen molar-refractivity contribution in [2.24, 2.45) is 0 Å². The number of aromatic nitrogens is 1. The lowest BCUT2D eigenvalue weighted by Gasteiger charge is -2.22. The minimum absolute atomic E-state index is 1.03. The van der Waals surface area contributed by atoms with Gasteiger partial charge in [-0.2, -0.15) is 0 Å². The molecule has 78 valence electrons. The van der Waals surface area contributed by atoms with Crippen LogP contribution in [0.4, 0.5) is 5.69 Å². The molecule has 0 aliphatic heterocycles. The zero-order chi connectivity index (χ0) is 10.7.